The molecule has 0 saturated heterocycles. The first-order valence-corrected chi connectivity index (χ1v) is 14.5. The SMILES string of the molecule is C=C(CC1CCC2(C)C(=CCC3C2CCC2(C)C(CCCCC(C)C)CCC32)C1)C(C)C. The molecule has 0 aromatic carbocycles. The lowest BCUT2D eigenvalue weighted by molar-refractivity contribution is -0.0456. The Morgan fingerprint density at radius 1 is 1.00 bits per heavy atom. The van der Waals surface area contributed by atoms with Gasteiger partial charge in [0.2, 0.25) is 0 Å². The molecule has 0 nitrogen and oxygen atoms in total. The van der Waals surface area contributed by atoms with Crippen molar-refractivity contribution < 1.29 is 0 Å². The van der Waals surface area contributed by atoms with E-state index in [0.29, 0.717) is 16.7 Å². The van der Waals surface area contributed by atoms with E-state index in [1.165, 1.54) is 89.0 Å². The standard InChI is InChI=1S/C32H54/c1-22(2)10-8-9-11-26-13-15-29-28-14-12-27-21-25(20-24(5)23(3)4)16-18-32(27,7)30(28)17-19-31(26,29)6/h12,22-23,25-26,28-30H,5,8-11,13-21H2,1-4,6-7H3. The van der Waals surface area contributed by atoms with Gasteiger partial charge >= 0.3 is 0 Å². The fraction of sp³-hybridized carbons (Fsp3) is 0.875. The molecule has 4 aliphatic carbocycles. The Balaban J connectivity index is 1.42. The average molecular weight is 439 g/mol. The summed E-state index contributed by atoms with van der Waals surface area (Å²) in [6.07, 6.45) is 21.6. The van der Waals surface area contributed by atoms with Gasteiger partial charge in [0, 0.05) is 0 Å². The smallest absolute Gasteiger partial charge is 0.00851 e. The minimum atomic E-state index is 0.509. The van der Waals surface area contributed by atoms with E-state index in [1.54, 1.807) is 0 Å². The Kier molecular flexibility index (Phi) is 7.39. The van der Waals surface area contributed by atoms with Crippen LogP contribution in [0.3, 0.4) is 0 Å². The van der Waals surface area contributed by atoms with Crippen molar-refractivity contribution in [3.63, 3.8) is 0 Å². The second kappa shape index (κ2) is 9.62. The number of rotatable bonds is 8. The van der Waals surface area contributed by atoms with Gasteiger partial charge in [-0.1, -0.05) is 84.6 Å². The van der Waals surface area contributed by atoms with Gasteiger partial charge in [0.05, 0.1) is 0 Å². The first-order valence-electron chi connectivity index (χ1n) is 14.5. The molecule has 0 aliphatic heterocycles. The molecule has 0 N–H and O–H groups in total. The molecule has 0 spiro atoms. The summed E-state index contributed by atoms with van der Waals surface area (Å²) in [4.78, 5) is 0. The molecule has 0 heteroatoms. The van der Waals surface area contributed by atoms with Crippen LogP contribution >= 0.6 is 0 Å². The molecule has 4 rings (SSSR count). The molecular weight excluding hydrogens is 384 g/mol. The van der Waals surface area contributed by atoms with Gasteiger partial charge in [0.15, 0.2) is 0 Å². The van der Waals surface area contributed by atoms with Crippen molar-refractivity contribution in [1.82, 2.24) is 0 Å². The Morgan fingerprint density at radius 3 is 2.50 bits per heavy atom. The average Bonchev–Trinajstić information content (AvgIpc) is 3.07. The third-order valence-electron chi connectivity index (χ3n) is 11.4. The number of unbranched alkanes of at least 4 members (excludes halogenated alkanes) is 1. The maximum atomic E-state index is 4.40. The Hall–Kier alpha value is -0.520. The topological polar surface area (TPSA) is 0 Å². The van der Waals surface area contributed by atoms with Crippen LogP contribution in [-0.2, 0) is 0 Å². The highest BCUT2D eigenvalue weighted by atomic mass is 14.6. The van der Waals surface area contributed by atoms with Gasteiger partial charge in [-0.15, -0.1) is 0 Å². The van der Waals surface area contributed by atoms with E-state index < -0.39 is 0 Å². The molecular formula is C32H54. The molecule has 0 radical (unpaired) electrons. The second-order valence-electron chi connectivity index (χ2n) is 13.9. The van der Waals surface area contributed by atoms with Crippen LogP contribution in [0, 0.1) is 52.3 Å². The first-order chi connectivity index (χ1) is 15.1. The molecule has 3 saturated carbocycles. The number of hydrogen-bond donors (Lipinski definition) is 0. The van der Waals surface area contributed by atoms with Crippen LogP contribution in [0.4, 0.5) is 0 Å². The van der Waals surface area contributed by atoms with Crippen molar-refractivity contribution in [3.8, 4) is 0 Å². The van der Waals surface area contributed by atoms with E-state index in [2.05, 4.69) is 54.2 Å². The number of hydrogen-bond acceptors (Lipinski definition) is 0. The van der Waals surface area contributed by atoms with Gasteiger partial charge in [-0.2, -0.15) is 0 Å². The van der Waals surface area contributed by atoms with Gasteiger partial charge in [-0.05, 0) is 116 Å². The summed E-state index contributed by atoms with van der Waals surface area (Å²) < 4.78 is 0. The zero-order chi connectivity index (χ0) is 23.1. The fourth-order valence-corrected chi connectivity index (χ4v) is 9.04. The summed E-state index contributed by atoms with van der Waals surface area (Å²) in [6, 6.07) is 0. The molecule has 7 atom stereocenters. The number of allylic oxidation sites excluding steroid dienone is 3. The van der Waals surface area contributed by atoms with Crippen LogP contribution in [0.15, 0.2) is 23.8 Å². The Labute approximate surface area is 201 Å². The monoisotopic (exact) mass is 438 g/mol. The third kappa shape index (κ3) is 4.55. The maximum Gasteiger partial charge on any atom is -0.00851 e. The van der Waals surface area contributed by atoms with Crippen molar-refractivity contribution in [2.24, 2.45) is 52.3 Å². The predicted molar refractivity (Wildman–Crippen MR) is 141 cm³/mol. The van der Waals surface area contributed by atoms with Crippen LogP contribution in [0.25, 0.3) is 0 Å². The highest BCUT2D eigenvalue weighted by Gasteiger charge is 2.58. The molecule has 3 fully saturated rings. The van der Waals surface area contributed by atoms with Gasteiger partial charge in [-0.25, -0.2) is 0 Å². The molecule has 0 bridgehead atoms. The second-order valence-corrected chi connectivity index (χ2v) is 13.9. The highest BCUT2D eigenvalue weighted by molar-refractivity contribution is 5.25. The summed E-state index contributed by atoms with van der Waals surface area (Å²) in [5, 5.41) is 0. The zero-order valence-electron chi connectivity index (χ0n) is 22.5. The molecule has 182 valence electrons. The van der Waals surface area contributed by atoms with Gasteiger partial charge < -0.3 is 0 Å². The molecule has 32 heavy (non-hydrogen) atoms. The van der Waals surface area contributed by atoms with E-state index in [1.807, 2.05) is 5.57 Å². The molecule has 0 aromatic rings. The van der Waals surface area contributed by atoms with Gasteiger partial charge in [-0.3, -0.25) is 0 Å². The van der Waals surface area contributed by atoms with Crippen molar-refractivity contribution in [2.45, 2.75) is 125 Å². The van der Waals surface area contributed by atoms with Gasteiger partial charge in [0.1, 0.15) is 0 Å². The van der Waals surface area contributed by atoms with Crippen LogP contribution in [0.2, 0.25) is 0 Å². The molecule has 0 heterocycles. The molecule has 7 unspecified atom stereocenters. The summed E-state index contributed by atoms with van der Waals surface area (Å²) in [7, 11) is 0. The molecule has 0 amide bonds. The van der Waals surface area contributed by atoms with E-state index >= 15 is 0 Å². The molecule has 0 aromatic heterocycles. The lowest BCUT2D eigenvalue weighted by Crippen LogP contribution is -2.50. The van der Waals surface area contributed by atoms with Crippen LogP contribution in [-0.4, -0.2) is 0 Å². The first kappa shape index (κ1) is 24.6. The number of fused-ring (bicyclic) bond motifs is 5. The largest absolute Gasteiger partial charge is 0.0996 e. The summed E-state index contributed by atoms with van der Waals surface area (Å²) in [5.41, 5.74) is 4.49. The predicted octanol–water partition coefficient (Wildman–Crippen LogP) is 10.0. The van der Waals surface area contributed by atoms with E-state index in [0.717, 1.165) is 35.5 Å². The maximum absolute atomic E-state index is 4.40. The van der Waals surface area contributed by atoms with Gasteiger partial charge in [0.25, 0.3) is 0 Å². The fourth-order valence-electron chi connectivity index (χ4n) is 9.04. The van der Waals surface area contributed by atoms with Crippen molar-refractivity contribution >= 4 is 0 Å². The summed E-state index contributed by atoms with van der Waals surface area (Å²) >= 11 is 0. The van der Waals surface area contributed by atoms with Crippen LogP contribution < -0.4 is 0 Å². The summed E-state index contributed by atoms with van der Waals surface area (Å²) in [6.45, 7) is 19.2. The Bertz CT molecular complexity index is 695. The lowest BCUT2D eigenvalue weighted by Gasteiger charge is -2.58. The minimum absolute atomic E-state index is 0.509. The lowest BCUT2D eigenvalue weighted by atomic mass is 9.46. The molecule has 4 aliphatic rings. The Morgan fingerprint density at radius 2 is 1.78 bits per heavy atom. The van der Waals surface area contributed by atoms with Crippen LogP contribution in [0.1, 0.15) is 125 Å². The highest BCUT2D eigenvalue weighted by Crippen LogP contribution is 2.67. The van der Waals surface area contributed by atoms with Crippen LogP contribution in [0.5, 0.6) is 0 Å². The van der Waals surface area contributed by atoms with E-state index in [9.17, 15) is 0 Å². The van der Waals surface area contributed by atoms with Crippen molar-refractivity contribution in [2.75, 3.05) is 0 Å². The summed E-state index contributed by atoms with van der Waals surface area (Å²) in [5.74, 6) is 6.33. The minimum Gasteiger partial charge on any atom is -0.0996 e. The van der Waals surface area contributed by atoms with Crippen molar-refractivity contribution in [1.29, 1.82) is 0 Å². The zero-order valence-corrected chi connectivity index (χ0v) is 22.5. The third-order valence-corrected chi connectivity index (χ3v) is 11.4. The van der Waals surface area contributed by atoms with Crippen molar-refractivity contribution in [3.05, 3.63) is 23.8 Å². The quantitative estimate of drug-likeness (QED) is 0.261. The van der Waals surface area contributed by atoms with E-state index in [-0.39, 0.29) is 0 Å². The normalized spacial score (nSPS) is 41.2. The van der Waals surface area contributed by atoms with E-state index in [4.69, 9.17) is 0 Å².